The van der Waals surface area contributed by atoms with Crippen molar-refractivity contribution in [3.05, 3.63) is 18.6 Å². The summed E-state index contributed by atoms with van der Waals surface area (Å²) in [4.78, 5) is 8.34. The number of nitrogens with two attached hydrogens (primary N) is 1. The molecule has 17 heavy (non-hydrogen) atoms. The van der Waals surface area contributed by atoms with Crippen molar-refractivity contribution in [2.45, 2.75) is 19.4 Å². The SMILES string of the molecule is C#CC(C)(C)Oc1nc(NN)cn2ccnc12. The van der Waals surface area contributed by atoms with E-state index in [2.05, 4.69) is 21.3 Å². The summed E-state index contributed by atoms with van der Waals surface area (Å²) in [5, 5.41) is 0. The molecule has 0 bridgehead atoms. The highest BCUT2D eigenvalue weighted by Crippen LogP contribution is 2.22. The number of nitrogens with zero attached hydrogens (tertiary/aromatic N) is 3. The van der Waals surface area contributed by atoms with E-state index >= 15 is 0 Å². The van der Waals surface area contributed by atoms with Crippen molar-refractivity contribution in [1.29, 1.82) is 0 Å². The average molecular weight is 231 g/mol. The fourth-order valence-electron chi connectivity index (χ4n) is 1.31. The molecule has 2 rings (SSSR count). The van der Waals surface area contributed by atoms with Crippen LogP contribution in [-0.4, -0.2) is 20.0 Å². The monoisotopic (exact) mass is 231 g/mol. The topological polar surface area (TPSA) is 77.5 Å². The molecular formula is C11H13N5O. The van der Waals surface area contributed by atoms with Gasteiger partial charge in [0.2, 0.25) is 5.65 Å². The first-order valence-corrected chi connectivity index (χ1v) is 5.03. The Morgan fingerprint density at radius 2 is 2.35 bits per heavy atom. The van der Waals surface area contributed by atoms with Crippen LogP contribution in [0, 0.1) is 12.3 Å². The van der Waals surface area contributed by atoms with Gasteiger partial charge in [0.25, 0.3) is 5.88 Å². The Balaban J connectivity index is 2.52. The number of imidazole rings is 1. The zero-order valence-corrected chi connectivity index (χ0v) is 9.64. The van der Waals surface area contributed by atoms with E-state index in [1.807, 2.05) is 0 Å². The van der Waals surface area contributed by atoms with Crippen molar-refractivity contribution in [3.8, 4) is 18.2 Å². The van der Waals surface area contributed by atoms with Gasteiger partial charge < -0.3 is 10.2 Å². The van der Waals surface area contributed by atoms with Gasteiger partial charge in [-0.05, 0) is 13.8 Å². The van der Waals surface area contributed by atoms with Crippen LogP contribution in [0.4, 0.5) is 5.82 Å². The lowest BCUT2D eigenvalue weighted by atomic mass is 10.1. The van der Waals surface area contributed by atoms with Gasteiger partial charge in [0, 0.05) is 12.4 Å². The minimum atomic E-state index is -0.757. The zero-order valence-electron chi connectivity index (χ0n) is 9.64. The normalized spacial score (nSPS) is 11.2. The molecule has 88 valence electrons. The molecule has 0 saturated carbocycles. The Kier molecular flexibility index (Phi) is 2.61. The maximum absolute atomic E-state index is 5.64. The second kappa shape index (κ2) is 3.96. The van der Waals surface area contributed by atoms with Crippen molar-refractivity contribution < 1.29 is 4.74 Å². The number of hydrogen-bond acceptors (Lipinski definition) is 5. The number of fused-ring (bicyclic) bond motifs is 1. The van der Waals surface area contributed by atoms with E-state index in [1.54, 1.807) is 36.8 Å². The van der Waals surface area contributed by atoms with Gasteiger partial charge in [-0.2, -0.15) is 4.98 Å². The maximum Gasteiger partial charge on any atom is 0.261 e. The summed E-state index contributed by atoms with van der Waals surface area (Å²) in [5.74, 6) is 8.68. The molecule has 0 atom stereocenters. The lowest BCUT2D eigenvalue weighted by Crippen LogP contribution is -2.26. The van der Waals surface area contributed by atoms with Crippen molar-refractivity contribution in [1.82, 2.24) is 14.4 Å². The van der Waals surface area contributed by atoms with Crippen LogP contribution in [0.15, 0.2) is 18.6 Å². The second-order valence-electron chi connectivity index (χ2n) is 3.99. The predicted octanol–water partition coefficient (Wildman–Crippen LogP) is 0.805. The summed E-state index contributed by atoms with van der Waals surface area (Å²) in [6.07, 6.45) is 10.5. The lowest BCUT2D eigenvalue weighted by molar-refractivity contribution is 0.166. The van der Waals surface area contributed by atoms with Gasteiger partial charge in [-0.1, -0.05) is 5.92 Å². The molecule has 0 fully saturated rings. The Hall–Kier alpha value is -2.26. The quantitative estimate of drug-likeness (QED) is 0.464. The fraction of sp³-hybridized carbons (Fsp3) is 0.273. The minimum Gasteiger partial charge on any atom is -0.456 e. The van der Waals surface area contributed by atoms with Crippen LogP contribution in [0.3, 0.4) is 0 Å². The number of hydrogen-bond donors (Lipinski definition) is 2. The highest BCUT2D eigenvalue weighted by molar-refractivity contribution is 5.53. The van der Waals surface area contributed by atoms with Gasteiger partial charge in [0.1, 0.15) is 0 Å². The zero-order chi connectivity index (χ0) is 12.5. The van der Waals surface area contributed by atoms with Crippen LogP contribution < -0.4 is 16.0 Å². The molecule has 0 spiro atoms. The number of hydrazine groups is 1. The number of nitrogens with one attached hydrogen (secondary N) is 1. The third-order valence-electron chi connectivity index (χ3n) is 2.19. The first-order chi connectivity index (χ1) is 8.05. The number of nitrogen functional groups attached to an aromatic ring is 1. The molecule has 0 aliphatic heterocycles. The summed E-state index contributed by atoms with van der Waals surface area (Å²) in [6.45, 7) is 3.55. The van der Waals surface area contributed by atoms with Crippen LogP contribution in [0.5, 0.6) is 5.88 Å². The first kappa shape index (κ1) is 11.2. The standard InChI is InChI=1S/C11H13N5O/c1-4-11(2,3)17-10-9-13-5-6-16(9)7-8(14-10)15-12/h1,5-7,15H,12H2,2-3H3. The van der Waals surface area contributed by atoms with E-state index < -0.39 is 5.60 Å². The van der Waals surface area contributed by atoms with E-state index in [4.69, 9.17) is 17.0 Å². The molecule has 2 aromatic heterocycles. The number of rotatable bonds is 3. The van der Waals surface area contributed by atoms with Crippen molar-refractivity contribution in [2.75, 3.05) is 5.43 Å². The van der Waals surface area contributed by atoms with Gasteiger partial charge in [-0.15, -0.1) is 6.42 Å². The Bertz CT molecular complexity index is 581. The lowest BCUT2D eigenvalue weighted by Gasteiger charge is -2.19. The fourth-order valence-corrected chi connectivity index (χ4v) is 1.31. The number of ether oxygens (including phenoxy) is 1. The van der Waals surface area contributed by atoms with Gasteiger partial charge in [-0.25, -0.2) is 10.8 Å². The number of anilines is 1. The molecule has 6 nitrogen and oxygen atoms in total. The van der Waals surface area contributed by atoms with Crippen molar-refractivity contribution in [2.24, 2.45) is 5.84 Å². The summed E-state index contributed by atoms with van der Waals surface area (Å²) < 4.78 is 7.39. The molecule has 0 radical (unpaired) electrons. The second-order valence-corrected chi connectivity index (χ2v) is 3.99. The van der Waals surface area contributed by atoms with Crippen molar-refractivity contribution in [3.63, 3.8) is 0 Å². The molecule has 0 aliphatic carbocycles. The van der Waals surface area contributed by atoms with Gasteiger partial charge in [0.15, 0.2) is 11.4 Å². The van der Waals surface area contributed by atoms with E-state index in [9.17, 15) is 0 Å². The smallest absolute Gasteiger partial charge is 0.261 e. The Morgan fingerprint density at radius 3 is 3.00 bits per heavy atom. The molecule has 0 unspecified atom stereocenters. The van der Waals surface area contributed by atoms with Crippen LogP contribution in [-0.2, 0) is 0 Å². The molecule has 0 amide bonds. The Morgan fingerprint density at radius 1 is 1.59 bits per heavy atom. The van der Waals surface area contributed by atoms with Gasteiger partial charge >= 0.3 is 0 Å². The third kappa shape index (κ3) is 2.14. The van der Waals surface area contributed by atoms with Crippen molar-refractivity contribution >= 4 is 11.5 Å². The molecule has 6 heteroatoms. The largest absolute Gasteiger partial charge is 0.456 e. The van der Waals surface area contributed by atoms with E-state index in [-0.39, 0.29) is 0 Å². The summed E-state index contributed by atoms with van der Waals surface area (Å²) in [5.41, 5.74) is 2.29. The summed E-state index contributed by atoms with van der Waals surface area (Å²) in [6, 6.07) is 0. The molecule has 2 aromatic rings. The third-order valence-corrected chi connectivity index (χ3v) is 2.19. The predicted molar refractivity (Wildman–Crippen MR) is 64.3 cm³/mol. The average Bonchev–Trinajstić information content (AvgIpc) is 2.76. The highest BCUT2D eigenvalue weighted by Gasteiger charge is 2.19. The van der Waals surface area contributed by atoms with E-state index in [0.717, 1.165) is 0 Å². The molecule has 0 aromatic carbocycles. The molecule has 3 N–H and O–H groups in total. The van der Waals surface area contributed by atoms with Crippen LogP contribution in [0.1, 0.15) is 13.8 Å². The highest BCUT2D eigenvalue weighted by atomic mass is 16.5. The van der Waals surface area contributed by atoms with Gasteiger partial charge in [-0.3, -0.25) is 4.40 Å². The van der Waals surface area contributed by atoms with E-state index in [1.165, 1.54) is 0 Å². The molecular weight excluding hydrogens is 218 g/mol. The van der Waals surface area contributed by atoms with Crippen LogP contribution >= 0.6 is 0 Å². The number of aromatic nitrogens is 3. The van der Waals surface area contributed by atoms with Crippen LogP contribution in [0.2, 0.25) is 0 Å². The maximum atomic E-state index is 5.64. The molecule has 2 heterocycles. The van der Waals surface area contributed by atoms with Crippen LogP contribution in [0.25, 0.3) is 5.65 Å². The van der Waals surface area contributed by atoms with E-state index in [0.29, 0.717) is 17.3 Å². The molecule has 0 aliphatic rings. The Labute approximate surface area is 98.8 Å². The first-order valence-electron chi connectivity index (χ1n) is 5.03. The van der Waals surface area contributed by atoms with Gasteiger partial charge in [0.05, 0.1) is 6.20 Å². The summed E-state index contributed by atoms with van der Waals surface area (Å²) in [7, 11) is 0. The number of terminal acetylenes is 1. The minimum absolute atomic E-state index is 0.341. The molecule has 0 saturated heterocycles. The summed E-state index contributed by atoms with van der Waals surface area (Å²) >= 11 is 0.